The molecule has 0 aromatic rings. The van der Waals surface area contributed by atoms with Crippen molar-refractivity contribution in [2.45, 2.75) is 52.5 Å². The van der Waals surface area contributed by atoms with Gasteiger partial charge in [-0.1, -0.05) is 20.3 Å². The molecule has 0 saturated heterocycles. The number of nitrogens with two attached hydrogens (primary N) is 1. The lowest BCUT2D eigenvalue weighted by Gasteiger charge is -2.24. The smallest absolute Gasteiger partial charge is 0.325 e. The first-order valence-electron chi connectivity index (χ1n) is 7.03. The van der Waals surface area contributed by atoms with Crippen molar-refractivity contribution in [3.8, 4) is 0 Å². The van der Waals surface area contributed by atoms with E-state index < -0.39 is 0 Å². The third kappa shape index (κ3) is 7.82. The Balaban J connectivity index is 4.31. The highest BCUT2D eigenvalue weighted by atomic mass is 16.5. The van der Waals surface area contributed by atoms with Crippen LogP contribution in [0.4, 0.5) is 0 Å². The molecule has 0 heterocycles. The Labute approximate surface area is 116 Å². The van der Waals surface area contributed by atoms with Gasteiger partial charge in [-0.2, -0.15) is 0 Å². The van der Waals surface area contributed by atoms with Crippen LogP contribution in [0, 0.1) is 5.92 Å². The Morgan fingerprint density at radius 1 is 1.26 bits per heavy atom. The molecule has 5 heteroatoms. The van der Waals surface area contributed by atoms with Gasteiger partial charge in [0.25, 0.3) is 0 Å². The fourth-order valence-electron chi connectivity index (χ4n) is 1.94. The Bertz CT molecular complexity index is 280. The Kier molecular flexibility index (Phi) is 9.21. The van der Waals surface area contributed by atoms with Crippen LogP contribution < -0.4 is 5.73 Å². The zero-order valence-electron chi connectivity index (χ0n) is 12.6. The summed E-state index contributed by atoms with van der Waals surface area (Å²) in [6.45, 7) is 6.49. The largest absolute Gasteiger partial charge is 0.468 e. The first kappa shape index (κ1) is 17.9. The van der Waals surface area contributed by atoms with Crippen molar-refractivity contribution in [1.82, 2.24) is 4.90 Å². The zero-order chi connectivity index (χ0) is 14.8. The number of amides is 1. The predicted octanol–water partition coefficient (Wildman–Crippen LogP) is 1.55. The van der Waals surface area contributed by atoms with E-state index in [1.807, 2.05) is 20.8 Å². The molecule has 112 valence electrons. The third-order valence-electron chi connectivity index (χ3n) is 3.07. The standard InChI is InChI=1S/C14H28N2O3/c1-5-9-16(10-13(17)19-4)14(18)11(2)7-6-8-12(3)15/h11-12H,5-10,15H2,1-4H3. The van der Waals surface area contributed by atoms with Crippen molar-refractivity contribution in [1.29, 1.82) is 0 Å². The van der Waals surface area contributed by atoms with Crippen molar-refractivity contribution in [3.05, 3.63) is 0 Å². The van der Waals surface area contributed by atoms with Crippen molar-refractivity contribution in [2.24, 2.45) is 11.7 Å². The van der Waals surface area contributed by atoms with Gasteiger partial charge in [0.15, 0.2) is 0 Å². The summed E-state index contributed by atoms with van der Waals surface area (Å²) < 4.78 is 4.62. The highest BCUT2D eigenvalue weighted by Crippen LogP contribution is 2.13. The van der Waals surface area contributed by atoms with Crippen molar-refractivity contribution in [2.75, 3.05) is 20.2 Å². The van der Waals surface area contributed by atoms with Crippen LogP contribution in [0.5, 0.6) is 0 Å². The molecule has 2 N–H and O–H groups in total. The van der Waals surface area contributed by atoms with Gasteiger partial charge in [-0.05, 0) is 26.2 Å². The quantitative estimate of drug-likeness (QED) is 0.646. The summed E-state index contributed by atoms with van der Waals surface area (Å²) in [4.78, 5) is 25.1. The molecule has 5 nitrogen and oxygen atoms in total. The molecule has 0 aliphatic rings. The molecule has 0 fully saturated rings. The highest BCUT2D eigenvalue weighted by molar-refractivity contribution is 5.83. The Morgan fingerprint density at radius 3 is 2.37 bits per heavy atom. The minimum atomic E-state index is -0.371. The number of esters is 1. The molecule has 0 aromatic heterocycles. The number of hydrogen-bond donors (Lipinski definition) is 1. The summed E-state index contributed by atoms with van der Waals surface area (Å²) >= 11 is 0. The summed E-state index contributed by atoms with van der Waals surface area (Å²) in [6, 6.07) is 0.170. The van der Waals surface area contributed by atoms with E-state index in [0.717, 1.165) is 25.7 Å². The van der Waals surface area contributed by atoms with Gasteiger partial charge in [0.2, 0.25) is 5.91 Å². The maximum absolute atomic E-state index is 12.2. The van der Waals surface area contributed by atoms with Crippen LogP contribution in [0.25, 0.3) is 0 Å². The molecule has 0 rings (SSSR count). The van der Waals surface area contributed by atoms with E-state index in [0.29, 0.717) is 6.54 Å². The van der Waals surface area contributed by atoms with E-state index in [-0.39, 0.29) is 30.4 Å². The molecule has 2 unspecified atom stereocenters. The van der Waals surface area contributed by atoms with Crippen LogP contribution in [-0.4, -0.2) is 43.0 Å². The SMILES string of the molecule is CCCN(CC(=O)OC)C(=O)C(C)CCCC(C)N. The predicted molar refractivity (Wildman–Crippen MR) is 75.6 cm³/mol. The number of carbonyl (C=O) groups is 2. The van der Waals surface area contributed by atoms with Gasteiger partial charge in [0.1, 0.15) is 6.54 Å². The van der Waals surface area contributed by atoms with Crippen LogP contribution in [0.1, 0.15) is 46.5 Å². The molecule has 1 amide bonds. The molecule has 0 bridgehead atoms. The fraction of sp³-hybridized carbons (Fsp3) is 0.857. The maximum Gasteiger partial charge on any atom is 0.325 e. The highest BCUT2D eigenvalue weighted by Gasteiger charge is 2.22. The van der Waals surface area contributed by atoms with Crippen molar-refractivity contribution < 1.29 is 14.3 Å². The van der Waals surface area contributed by atoms with Gasteiger partial charge in [-0.25, -0.2) is 0 Å². The summed E-state index contributed by atoms with van der Waals surface area (Å²) in [6.07, 6.45) is 3.49. The number of rotatable bonds is 9. The zero-order valence-corrected chi connectivity index (χ0v) is 12.6. The molecule has 2 atom stereocenters. The van der Waals surface area contributed by atoms with Gasteiger partial charge in [0.05, 0.1) is 7.11 Å². The van der Waals surface area contributed by atoms with E-state index in [1.165, 1.54) is 7.11 Å². The van der Waals surface area contributed by atoms with Crippen LogP contribution >= 0.6 is 0 Å². The average Bonchev–Trinajstić information content (AvgIpc) is 2.36. The number of methoxy groups -OCH3 is 1. The fourth-order valence-corrected chi connectivity index (χ4v) is 1.94. The summed E-state index contributed by atoms with van der Waals surface area (Å²) in [7, 11) is 1.34. The molecular formula is C14H28N2O3. The second kappa shape index (κ2) is 9.78. The number of nitrogens with zero attached hydrogens (tertiary/aromatic N) is 1. The first-order chi connectivity index (χ1) is 8.92. The molecule has 19 heavy (non-hydrogen) atoms. The number of ether oxygens (including phenoxy) is 1. The summed E-state index contributed by atoms with van der Waals surface area (Å²) in [5.41, 5.74) is 5.69. The molecule has 0 aliphatic carbocycles. The lowest BCUT2D eigenvalue weighted by molar-refractivity contribution is -0.148. The molecule has 0 spiro atoms. The summed E-state index contributed by atoms with van der Waals surface area (Å²) in [5, 5.41) is 0. The molecule has 0 saturated carbocycles. The molecule has 0 radical (unpaired) electrons. The van der Waals surface area contributed by atoms with Crippen LogP contribution in [0.3, 0.4) is 0 Å². The third-order valence-corrected chi connectivity index (χ3v) is 3.07. The minimum absolute atomic E-state index is 0.0249. The molecule has 0 aromatic carbocycles. The van der Waals surface area contributed by atoms with Gasteiger partial charge in [-0.3, -0.25) is 9.59 Å². The molecular weight excluding hydrogens is 244 g/mol. The van der Waals surface area contributed by atoms with Gasteiger partial charge in [0, 0.05) is 18.5 Å². The van der Waals surface area contributed by atoms with Crippen LogP contribution in [0.15, 0.2) is 0 Å². The number of carbonyl (C=O) groups excluding carboxylic acids is 2. The second-order valence-electron chi connectivity index (χ2n) is 5.15. The van der Waals surface area contributed by atoms with Crippen LogP contribution in [0.2, 0.25) is 0 Å². The average molecular weight is 272 g/mol. The molecule has 0 aliphatic heterocycles. The topological polar surface area (TPSA) is 72.6 Å². The normalized spacial score (nSPS) is 13.7. The van der Waals surface area contributed by atoms with Gasteiger partial charge < -0.3 is 15.4 Å². The van der Waals surface area contributed by atoms with E-state index in [4.69, 9.17) is 5.73 Å². The lowest BCUT2D eigenvalue weighted by atomic mass is 10.0. The monoisotopic (exact) mass is 272 g/mol. The Morgan fingerprint density at radius 2 is 1.89 bits per heavy atom. The lowest BCUT2D eigenvalue weighted by Crippen LogP contribution is -2.39. The first-order valence-corrected chi connectivity index (χ1v) is 7.03. The number of hydrogen-bond acceptors (Lipinski definition) is 4. The van der Waals surface area contributed by atoms with Crippen LogP contribution in [-0.2, 0) is 14.3 Å². The summed E-state index contributed by atoms with van der Waals surface area (Å²) in [5.74, 6) is -0.420. The van der Waals surface area contributed by atoms with Gasteiger partial charge in [-0.15, -0.1) is 0 Å². The minimum Gasteiger partial charge on any atom is -0.468 e. The van der Waals surface area contributed by atoms with Crippen molar-refractivity contribution in [3.63, 3.8) is 0 Å². The van der Waals surface area contributed by atoms with Gasteiger partial charge >= 0.3 is 5.97 Å². The second-order valence-corrected chi connectivity index (χ2v) is 5.15. The van der Waals surface area contributed by atoms with E-state index >= 15 is 0 Å². The van der Waals surface area contributed by atoms with E-state index in [9.17, 15) is 9.59 Å². The maximum atomic E-state index is 12.2. The van der Waals surface area contributed by atoms with Crippen molar-refractivity contribution >= 4 is 11.9 Å². The Hall–Kier alpha value is -1.10. The van der Waals surface area contributed by atoms with E-state index in [1.54, 1.807) is 4.90 Å². The van der Waals surface area contributed by atoms with E-state index in [2.05, 4.69) is 4.74 Å².